The standard InChI is InChI=1S/C20H14N2O3S2/c23-17(16-11-6-12-26-16)19(22-18(24)13-7-2-1-3-8-13)27-20-21-14-9-4-5-10-15(14)25-20/h1-12,19H,(H,22,24)/t19-/m1/s1. The summed E-state index contributed by atoms with van der Waals surface area (Å²) in [6.07, 6.45) is 0. The highest BCUT2D eigenvalue weighted by Crippen LogP contribution is 2.28. The van der Waals surface area contributed by atoms with Crippen LogP contribution in [-0.4, -0.2) is 22.0 Å². The molecule has 0 aliphatic carbocycles. The Balaban J connectivity index is 1.61. The Morgan fingerprint density at radius 3 is 2.52 bits per heavy atom. The van der Waals surface area contributed by atoms with Crippen molar-refractivity contribution in [1.82, 2.24) is 10.3 Å². The summed E-state index contributed by atoms with van der Waals surface area (Å²) in [5.41, 5.74) is 1.83. The first-order valence-electron chi connectivity index (χ1n) is 8.16. The summed E-state index contributed by atoms with van der Waals surface area (Å²) in [5, 5.41) is 4.11. The minimum atomic E-state index is -0.843. The Labute approximate surface area is 163 Å². The van der Waals surface area contributed by atoms with E-state index in [4.69, 9.17) is 4.42 Å². The summed E-state index contributed by atoms with van der Waals surface area (Å²) in [6, 6.07) is 19.7. The van der Waals surface area contributed by atoms with Gasteiger partial charge in [0.05, 0.1) is 4.88 Å². The van der Waals surface area contributed by atoms with Crippen LogP contribution in [0.1, 0.15) is 20.0 Å². The second kappa shape index (κ2) is 7.77. The molecule has 0 saturated heterocycles. The monoisotopic (exact) mass is 394 g/mol. The van der Waals surface area contributed by atoms with Crippen molar-refractivity contribution < 1.29 is 14.0 Å². The lowest BCUT2D eigenvalue weighted by Gasteiger charge is -2.15. The number of thioether (sulfide) groups is 1. The highest BCUT2D eigenvalue weighted by atomic mass is 32.2. The van der Waals surface area contributed by atoms with Gasteiger partial charge in [-0.25, -0.2) is 4.98 Å². The Kier molecular flexibility index (Phi) is 5.04. The van der Waals surface area contributed by atoms with Gasteiger partial charge in [-0.2, -0.15) is 0 Å². The van der Waals surface area contributed by atoms with E-state index in [1.54, 1.807) is 36.4 Å². The van der Waals surface area contributed by atoms with Crippen molar-refractivity contribution >= 4 is 45.9 Å². The maximum absolute atomic E-state index is 12.9. The number of fused-ring (bicyclic) bond motifs is 1. The number of thiophene rings is 1. The van der Waals surface area contributed by atoms with Gasteiger partial charge in [-0.1, -0.05) is 36.4 Å². The first kappa shape index (κ1) is 17.5. The summed E-state index contributed by atoms with van der Waals surface area (Å²) in [7, 11) is 0. The number of aromatic nitrogens is 1. The molecule has 0 unspecified atom stereocenters. The summed E-state index contributed by atoms with van der Waals surface area (Å²) >= 11 is 2.42. The van der Waals surface area contributed by atoms with E-state index < -0.39 is 5.37 Å². The maximum Gasteiger partial charge on any atom is 0.259 e. The number of carbonyl (C=O) groups is 2. The maximum atomic E-state index is 12.9. The molecule has 1 atom stereocenters. The normalized spacial score (nSPS) is 12.0. The van der Waals surface area contributed by atoms with E-state index in [0.29, 0.717) is 26.8 Å². The van der Waals surface area contributed by atoms with Gasteiger partial charge in [0, 0.05) is 5.56 Å². The number of ketones is 1. The highest BCUT2D eigenvalue weighted by Gasteiger charge is 2.26. The first-order valence-corrected chi connectivity index (χ1v) is 9.92. The first-order chi connectivity index (χ1) is 13.2. The van der Waals surface area contributed by atoms with Crippen LogP contribution in [0.3, 0.4) is 0 Å². The molecule has 7 heteroatoms. The van der Waals surface area contributed by atoms with Crippen molar-refractivity contribution in [1.29, 1.82) is 0 Å². The van der Waals surface area contributed by atoms with Gasteiger partial charge in [0.25, 0.3) is 11.1 Å². The molecule has 0 spiro atoms. The molecule has 0 bridgehead atoms. The lowest BCUT2D eigenvalue weighted by Crippen LogP contribution is -2.38. The van der Waals surface area contributed by atoms with E-state index in [-0.39, 0.29) is 11.7 Å². The van der Waals surface area contributed by atoms with E-state index >= 15 is 0 Å². The summed E-state index contributed by atoms with van der Waals surface area (Å²) in [4.78, 5) is 30.4. The molecule has 2 aromatic carbocycles. The number of rotatable bonds is 6. The topological polar surface area (TPSA) is 72.2 Å². The van der Waals surface area contributed by atoms with E-state index in [0.717, 1.165) is 11.8 Å². The quantitative estimate of drug-likeness (QED) is 0.293. The van der Waals surface area contributed by atoms with Gasteiger partial charge in [0.1, 0.15) is 10.9 Å². The lowest BCUT2D eigenvalue weighted by atomic mass is 10.2. The Morgan fingerprint density at radius 1 is 1.00 bits per heavy atom. The van der Waals surface area contributed by atoms with Crippen molar-refractivity contribution in [3.05, 3.63) is 82.6 Å². The van der Waals surface area contributed by atoms with E-state index in [1.807, 2.05) is 35.7 Å². The fourth-order valence-corrected chi connectivity index (χ4v) is 4.15. The van der Waals surface area contributed by atoms with Crippen molar-refractivity contribution in [2.45, 2.75) is 10.6 Å². The van der Waals surface area contributed by atoms with Gasteiger partial charge >= 0.3 is 0 Å². The molecule has 2 aromatic heterocycles. The SMILES string of the molecule is O=C(N[C@H](Sc1nc2ccccc2o1)C(=O)c1cccs1)c1ccccc1. The molecule has 2 heterocycles. The smallest absolute Gasteiger partial charge is 0.259 e. The van der Waals surface area contributed by atoms with Gasteiger partial charge < -0.3 is 9.73 Å². The Morgan fingerprint density at radius 2 is 1.78 bits per heavy atom. The summed E-state index contributed by atoms with van der Waals surface area (Å²) < 4.78 is 5.71. The highest BCUT2D eigenvalue weighted by molar-refractivity contribution is 8.00. The van der Waals surface area contributed by atoms with Crippen LogP contribution >= 0.6 is 23.1 Å². The number of Topliss-reactive ketones (excluding diaryl/α,β-unsaturated/α-hetero) is 1. The zero-order valence-corrected chi connectivity index (χ0v) is 15.6. The molecule has 0 fully saturated rings. The van der Waals surface area contributed by atoms with Crippen LogP contribution < -0.4 is 5.32 Å². The number of benzene rings is 2. The third-order valence-corrected chi connectivity index (χ3v) is 5.62. The summed E-state index contributed by atoms with van der Waals surface area (Å²) in [5.74, 6) is -0.518. The number of para-hydroxylation sites is 2. The van der Waals surface area contributed by atoms with E-state index in [9.17, 15) is 9.59 Å². The van der Waals surface area contributed by atoms with Gasteiger partial charge in [0.2, 0.25) is 5.78 Å². The van der Waals surface area contributed by atoms with Crippen LogP contribution in [0.5, 0.6) is 0 Å². The van der Waals surface area contributed by atoms with Crippen LogP contribution in [0, 0.1) is 0 Å². The molecule has 0 radical (unpaired) electrons. The molecule has 1 N–H and O–H groups in total. The number of nitrogens with one attached hydrogen (secondary N) is 1. The average molecular weight is 394 g/mol. The number of hydrogen-bond donors (Lipinski definition) is 1. The fraction of sp³-hybridized carbons (Fsp3) is 0.0500. The number of carbonyl (C=O) groups excluding carboxylic acids is 2. The molecule has 27 heavy (non-hydrogen) atoms. The second-order valence-electron chi connectivity index (χ2n) is 5.63. The molecule has 0 aliphatic heterocycles. The molecule has 1 amide bonds. The molecular weight excluding hydrogens is 380 g/mol. The third kappa shape index (κ3) is 3.94. The minimum absolute atomic E-state index is 0.193. The molecule has 134 valence electrons. The number of amides is 1. The molecule has 0 aliphatic rings. The predicted molar refractivity (Wildman–Crippen MR) is 106 cm³/mol. The van der Waals surface area contributed by atoms with Crippen molar-refractivity contribution in [2.75, 3.05) is 0 Å². The van der Waals surface area contributed by atoms with Crippen LogP contribution in [0.4, 0.5) is 0 Å². The van der Waals surface area contributed by atoms with Crippen molar-refractivity contribution in [3.8, 4) is 0 Å². The minimum Gasteiger partial charge on any atom is -0.431 e. The second-order valence-corrected chi connectivity index (χ2v) is 7.63. The zero-order chi connectivity index (χ0) is 18.6. The number of oxazole rings is 1. The zero-order valence-electron chi connectivity index (χ0n) is 14.0. The molecule has 0 saturated carbocycles. The van der Waals surface area contributed by atoms with Crippen LogP contribution in [0.2, 0.25) is 0 Å². The number of nitrogens with zero attached hydrogens (tertiary/aromatic N) is 1. The Hall–Kier alpha value is -2.90. The summed E-state index contributed by atoms with van der Waals surface area (Å²) in [6.45, 7) is 0. The molecule has 5 nitrogen and oxygen atoms in total. The molecule has 4 rings (SSSR count). The van der Waals surface area contributed by atoms with E-state index in [2.05, 4.69) is 10.3 Å². The van der Waals surface area contributed by atoms with Gasteiger partial charge in [-0.15, -0.1) is 11.3 Å². The fourth-order valence-electron chi connectivity index (χ4n) is 2.49. The van der Waals surface area contributed by atoms with Crippen LogP contribution in [0.25, 0.3) is 11.1 Å². The van der Waals surface area contributed by atoms with Crippen molar-refractivity contribution in [2.24, 2.45) is 0 Å². The van der Waals surface area contributed by atoms with Gasteiger partial charge in [-0.05, 0) is 47.5 Å². The van der Waals surface area contributed by atoms with Gasteiger partial charge in [-0.3, -0.25) is 9.59 Å². The number of hydrogen-bond acceptors (Lipinski definition) is 6. The van der Waals surface area contributed by atoms with E-state index in [1.165, 1.54) is 11.3 Å². The largest absolute Gasteiger partial charge is 0.431 e. The lowest BCUT2D eigenvalue weighted by molar-refractivity contribution is 0.0893. The third-order valence-electron chi connectivity index (χ3n) is 3.79. The van der Waals surface area contributed by atoms with Crippen LogP contribution in [0.15, 0.2) is 81.8 Å². The average Bonchev–Trinajstić information content (AvgIpc) is 3.37. The van der Waals surface area contributed by atoms with Crippen LogP contribution in [-0.2, 0) is 0 Å². The predicted octanol–water partition coefficient (Wildman–Crippen LogP) is 4.62. The van der Waals surface area contributed by atoms with Crippen molar-refractivity contribution in [3.63, 3.8) is 0 Å². The molecular formula is C20H14N2O3S2. The molecule has 4 aromatic rings. The Bertz CT molecular complexity index is 1040. The van der Waals surface area contributed by atoms with Gasteiger partial charge in [0.15, 0.2) is 5.58 Å².